The van der Waals surface area contributed by atoms with Gasteiger partial charge in [-0.25, -0.2) is 0 Å². The van der Waals surface area contributed by atoms with Crippen molar-refractivity contribution in [2.75, 3.05) is 5.73 Å². The highest BCUT2D eigenvalue weighted by Crippen LogP contribution is 2.21. The van der Waals surface area contributed by atoms with Crippen molar-refractivity contribution in [2.24, 2.45) is 5.73 Å². The zero-order valence-electron chi connectivity index (χ0n) is 8.04. The maximum atomic E-state index is 5.99. The summed E-state index contributed by atoms with van der Waals surface area (Å²) in [6.45, 7) is 0. The first kappa shape index (κ1) is 9.54. The van der Waals surface area contributed by atoms with E-state index in [0.717, 1.165) is 5.56 Å². The number of hydrogen-bond donors (Lipinski definition) is 2. The maximum absolute atomic E-state index is 5.99. The van der Waals surface area contributed by atoms with E-state index in [2.05, 4.69) is 15.0 Å². The number of pyridine rings is 1. The van der Waals surface area contributed by atoms with Gasteiger partial charge in [-0.05, 0) is 6.07 Å². The van der Waals surface area contributed by atoms with Gasteiger partial charge in [0.15, 0.2) is 0 Å². The summed E-state index contributed by atoms with van der Waals surface area (Å²) in [5.41, 5.74) is 13.8. The molecule has 0 spiro atoms. The molecule has 1 unspecified atom stereocenters. The van der Waals surface area contributed by atoms with Crippen LogP contribution in [0.3, 0.4) is 0 Å². The monoisotopic (exact) mass is 201 g/mol. The van der Waals surface area contributed by atoms with Crippen molar-refractivity contribution in [1.29, 1.82) is 0 Å². The number of nitrogens with zero attached hydrogens (tertiary/aromatic N) is 3. The molecule has 1 atom stereocenters. The molecule has 0 aliphatic carbocycles. The van der Waals surface area contributed by atoms with Crippen LogP contribution in [0.25, 0.3) is 0 Å². The van der Waals surface area contributed by atoms with Gasteiger partial charge in [0, 0.05) is 36.0 Å². The second-order valence-electron chi connectivity index (χ2n) is 3.11. The van der Waals surface area contributed by atoms with E-state index >= 15 is 0 Å². The summed E-state index contributed by atoms with van der Waals surface area (Å²) >= 11 is 0. The lowest BCUT2D eigenvalue weighted by Crippen LogP contribution is -2.15. The highest BCUT2D eigenvalue weighted by atomic mass is 14.8. The quantitative estimate of drug-likeness (QED) is 0.738. The Morgan fingerprint density at radius 2 is 1.87 bits per heavy atom. The molecule has 0 saturated carbocycles. The zero-order chi connectivity index (χ0) is 10.7. The lowest BCUT2D eigenvalue weighted by Gasteiger charge is -2.12. The van der Waals surface area contributed by atoms with Crippen molar-refractivity contribution in [1.82, 2.24) is 15.0 Å². The van der Waals surface area contributed by atoms with E-state index in [0.29, 0.717) is 11.4 Å². The van der Waals surface area contributed by atoms with Crippen LogP contribution in [0.5, 0.6) is 0 Å². The van der Waals surface area contributed by atoms with Gasteiger partial charge in [-0.3, -0.25) is 15.0 Å². The third-order valence-electron chi connectivity index (χ3n) is 2.12. The van der Waals surface area contributed by atoms with Crippen molar-refractivity contribution >= 4 is 5.69 Å². The van der Waals surface area contributed by atoms with Crippen molar-refractivity contribution in [2.45, 2.75) is 6.04 Å². The van der Waals surface area contributed by atoms with Gasteiger partial charge < -0.3 is 11.5 Å². The number of nitrogen functional groups attached to an aromatic ring is 1. The van der Waals surface area contributed by atoms with Crippen LogP contribution in [-0.4, -0.2) is 15.0 Å². The lowest BCUT2D eigenvalue weighted by molar-refractivity contribution is 0.815. The van der Waals surface area contributed by atoms with Crippen LogP contribution in [0, 0.1) is 0 Å². The van der Waals surface area contributed by atoms with Crippen molar-refractivity contribution < 1.29 is 0 Å². The van der Waals surface area contributed by atoms with E-state index in [1.54, 1.807) is 37.1 Å². The summed E-state index contributed by atoms with van der Waals surface area (Å²) in [6, 6.07) is 1.33. The molecule has 2 heterocycles. The normalized spacial score (nSPS) is 12.3. The molecule has 0 amide bonds. The minimum atomic E-state index is -0.382. The van der Waals surface area contributed by atoms with E-state index < -0.39 is 0 Å². The van der Waals surface area contributed by atoms with Gasteiger partial charge >= 0.3 is 0 Å². The molecular formula is C10H11N5. The summed E-state index contributed by atoms with van der Waals surface area (Å²) in [7, 11) is 0. The number of nitrogens with two attached hydrogens (primary N) is 2. The second kappa shape index (κ2) is 4.02. The summed E-state index contributed by atoms with van der Waals surface area (Å²) in [5, 5.41) is 0. The smallest absolute Gasteiger partial charge is 0.0800 e. The molecule has 0 aliphatic heterocycles. The van der Waals surface area contributed by atoms with Crippen molar-refractivity contribution in [3.05, 3.63) is 48.3 Å². The minimum absolute atomic E-state index is 0.382. The first-order valence-electron chi connectivity index (χ1n) is 4.50. The molecule has 5 heteroatoms. The molecule has 0 fully saturated rings. The maximum Gasteiger partial charge on any atom is 0.0800 e. The first-order chi connectivity index (χ1) is 7.29. The Labute approximate surface area is 87.2 Å². The Hall–Kier alpha value is -2.01. The molecule has 2 aromatic heterocycles. The van der Waals surface area contributed by atoms with Crippen molar-refractivity contribution in [3.8, 4) is 0 Å². The second-order valence-corrected chi connectivity index (χ2v) is 3.11. The van der Waals surface area contributed by atoms with E-state index in [-0.39, 0.29) is 6.04 Å². The summed E-state index contributed by atoms with van der Waals surface area (Å²) < 4.78 is 0. The molecule has 0 saturated heterocycles. The van der Waals surface area contributed by atoms with Crippen LogP contribution in [0.2, 0.25) is 0 Å². The number of rotatable bonds is 2. The standard InChI is InChI=1S/C10H11N5/c11-8-1-2-13-5-7(8)10(12)9-6-14-3-4-15-9/h1-6,10H,12H2,(H2,11,13). The Bertz CT molecular complexity index is 443. The topological polar surface area (TPSA) is 90.7 Å². The molecule has 5 nitrogen and oxygen atoms in total. The van der Waals surface area contributed by atoms with Gasteiger partial charge in [-0.15, -0.1) is 0 Å². The minimum Gasteiger partial charge on any atom is -0.398 e. The fourth-order valence-electron chi connectivity index (χ4n) is 1.31. The fourth-order valence-corrected chi connectivity index (χ4v) is 1.31. The average molecular weight is 201 g/mol. The Balaban J connectivity index is 2.37. The van der Waals surface area contributed by atoms with Gasteiger partial charge in [0.25, 0.3) is 0 Å². The molecule has 15 heavy (non-hydrogen) atoms. The first-order valence-corrected chi connectivity index (χ1v) is 4.50. The van der Waals surface area contributed by atoms with Gasteiger partial charge in [-0.2, -0.15) is 0 Å². The highest BCUT2D eigenvalue weighted by molar-refractivity contribution is 5.48. The van der Waals surface area contributed by atoms with Crippen molar-refractivity contribution in [3.63, 3.8) is 0 Å². The van der Waals surface area contributed by atoms with Crippen LogP contribution in [0.1, 0.15) is 17.3 Å². The van der Waals surface area contributed by atoms with E-state index in [9.17, 15) is 0 Å². The molecule has 0 aromatic carbocycles. The van der Waals surface area contributed by atoms with Gasteiger partial charge in [-0.1, -0.05) is 0 Å². The Kier molecular flexibility index (Phi) is 2.55. The predicted molar refractivity (Wildman–Crippen MR) is 56.7 cm³/mol. The SMILES string of the molecule is Nc1ccncc1C(N)c1cnccn1. The Morgan fingerprint density at radius 1 is 1.07 bits per heavy atom. The number of aromatic nitrogens is 3. The third-order valence-corrected chi connectivity index (χ3v) is 2.12. The largest absolute Gasteiger partial charge is 0.398 e. The van der Waals surface area contributed by atoms with E-state index in [1.165, 1.54) is 0 Å². The van der Waals surface area contributed by atoms with Crippen LogP contribution < -0.4 is 11.5 Å². The van der Waals surface area contributed by atoms with Crippen LogP contribution in [0.15, 0.2) is 37.1 Å². The summed E-state index contributed by atoms with van der Waals surface area (Å²) in [4.78, 5) is 12.1. The van der Waals surface area contributed by atoms with E-state index in [1.807, 2.05) is 0 Å². The molecule has 4 N–H and O–H groups in total. The molecule has 0 bridgehead atoms. The van der Waals surface area contributed by atoms with E-state index in [4.69, 9.17) is 11.5 Å². The molecule has 0 aliphatic rings. The molecule has 0 radical (unpaired) electrons. The fraction of sp³-hybridized carbons (Fsp3) is 0.100. The average Bonchev–Trinajstić information content (AvgIpc) is 2.30. The summed E-state index contributed by atoms with van der Waals surface area (Å²) in [5.74, 6) is 0. The van der Waals surface area contributed by atoms with Crippen LogP contribution in [0.4, 0.5) is 5.69 Å². The van der Waals surface area contributed by atoms with Gasteiger partial charge in [0.2, 0.25) is 0 Å². The van der Waals surface area contributed by atoms with Crippen LogP contribution in [-0.2, 0) is 0 Å². The predicted octanol–water partition coefficient (Wildman–Crippen LogP) is 0.502. The Morgan fingerprint density at radius 3 is 2.53 bits per heavy atom. The lowest BCUT2D eigenvalue weighted by atomic mass is 10.1. The zero-order valence-corrected chi connectivity index (χ0v) is 8.04. The van der Waals surface area contributed by atoms with Gasteiger partial charge in [0.1, 0.15) is 0 Å². The van der Waals surface area contributed by atoms with Gasteiger partial charge in [0.05, 0.1) is 17.9 Å². The van der Waals surface area contributed by atoms with Crippen LogP contribution >= 0.6 is 0 Å². The highest BCUT2D eigenvalue weighted by Gasteiger charge is 2.12. The number of anilines is 1. The third kappa shape index (κ3) is 1.92. The molecular weight excluding hydrogens is 190 g/mol. The molecule has 76 valence electrons. The molecule has 2 aromatic rings. The number of hydrogen-bond acceptors (Lipinski definition) is 5. The molecule has 2 rings (SSSR count). The summed E-state index contributed by atoms with van der Waals surface area (Å²) in [6.07, 6.45) is 8.10.